The number of halogens is 1. The molecule has 2 rings (SSSR count). The second-order valence-electron chi connectivity index (χ2n) is 2.39. The molecule has 0 unspecified atom stereocenters. The molecule has 0 saturated carbocycles. The van der Waals surface area contributed by atoms with E-state index in [-0.39, 0.29) is 0 Å². The number of rotatable bonds is 0. The zero-order valence-electron chi connectivity index (χ0n) is 6.00. The van der Waals surface area contributed by atoms with E-state index in [9.17, 15) is 0 Å². The van der Waals surface area contributed by atoms with Gasteiger partial charge >= 0.3 is 0 Å². The van der Waals surface area contributed by atoms with Crippen molar-refractivity contribution in [2.24, 2.45) is 7.05 Å². The minimum absolute atomic E-state index is 0.697. The molecule has 1 aromatic carbocycles. The highest BCUT2D eigenvalue weighted by molar-refractivity contribution is 6.34. The summed E-state index contributed by atoms with van der Waals surface area (Å²) in [5, 5.41) is 0.697. The minimum atomic E-state index is 0.697. The van der Waals surface area contributed by atoms with Gasteiger partial charge in [-0.1, -0.05) is 11.6 Å². The summed E-state index contributed by atoms with van der Waals surface area (Å²) < 4.78 is 1.89. The topological polar surface area (TPSA) is 17.8 Å². The second-order valence-corrected chi connectivity index (χ2v) is 2.80. The van der Waals surface area contributed by atoms with Crippen molar-refractivity contribution >= 4 is 22.6 Å². The van der Waals surface area contributed by atoms with Gasteiger partial charge in [-0.25, -0.2) is 4.98 Å². The Balaban J connectivity index is 2.96. The molecule has 55 valence electrons. The largest absolute Gasteiger partial charge is 0.333 e. The van der Waals surface area contributed by atoms with Crippen molar-refractivity contribution in [2.75, 3.05) is 0 Å². The predicted molar refractivity (Wildman–Crippen MR) is 44.6 cm³/mol. The second kappa shape index (κ2) is 2.24. The lowest BCUT2D eigenvalue weighted by molar-refractivity contribution is 0.948. The van der Waals surface area contributed by atoms with E-state index >= 15 is 0 Å². The first-order valence-corrected chi connectivity index (χ1v) is 3.63. The van der Waals surface area contributed by atoms with E-state index in [1.165, 1.54) is 0 Å². The molecular formula is C8H6ClN2. The van der Waals surface area contributed by atoms with Crippen LogP contribution in [0.2, 0.25) is 5.02 Å². The molecular weight excluding hydrogens is 160 g/mol. The van der Waals surface area contributed by atoms with Crippen molar-refractivity contribution in [1.82, 2.24) is 9.55 Å². The number of aromatic nitrogens is 2. The molecule has 0 aliphatic rings. The average Bonchev–Trinajstić information content (AvgIpc) is 2.34. The van der Waals surface area contributed by atoms with Gasteiger partial charge in [-0.15, -0.1) is 0 Å². The van der Waals surface area contributed by atoms with Crippen LogP contribution in [0.3, 0.4) is 0 Å². The van der Waals surface area contributed by atoms with Gasteiger partial charge in [0.25, 0.3) is 0 Å². The van der Waals surface area contributed by atoms with E-state index in [1.54, 1.807) is 12.4 Å². The van der Waals surface area contributed by atoms with Crippen LogP contribution in [-0.2, 0) is 7.05 Å². The summed E-state index contributed by atoms with van der Waals surface area (Å²) in [7, 11) is 1.92. The molecule has 1 heterocycles. The van der Waals surface area contributed by atoms with Crippen LogP contribution in [0.5, 0.6) is 0 Å². The normalized spacial score (nSPS) is 10.7. The maximum Gasteiger partial charge on any atom is 0.0956 e. The number of hydrogen-bond acceptors (Lipinski definition) is 1. The third-order valence-corrected chi connectivity index (χ3v) is 1.91. The van der Waals surface area contributed by atoms with E-state index in [4.69, 9.17) is 11.6 Å². The van der Waals surface area contributed by atoms with Gasteiger partial charge in [-0.2, -0.15) is 0 Å². The Labute approximate surface area is 69.4 Å². The monoisotopic (exact) mass is 165 g/mol. The maximum absolute atomic E-state index is 5.91. The lowest BCUT2D eigenvalue weighted by Crippen LogP contribution is -1.83. The standard InChI is InChI=1S/C8H6ClN2/c1-11-5-10-7-4-2-3-6(9)8(7)11/h3-5H,1H3. The van der Waals surface area contributed by atoms with Gasteiger partial charge in [-0.3, -0.25) is 0 Å². The summed E-state index contributed by atoms with van der Waals surface area (Å²) in [5.41, 5.74) is 1.85. The Morgan fingerprint density at radius 3 is 3.09 bits per heavy atom. The first-order chi connectivity index (χ1) is 5.29. The van der Waals surface area contributed by atoms with Crippen molar-refractivity contribution < 1.29 is 0 Å². The fourth-order valence-corrected chi connectivity index (χ4v) is 1.40. The number of benzene rings is 1. The number of fused-ring (bicyclic) bond motifs is 1. The SMILES string of the molecule is Cn1cnc2c[c]cc(Cl)c21. The van der Waals surface area contributed by atoms with Crippen molar-refractivity contribution in [3.63, 3.8) is 0 Å². The van der Waals surface area contributed by atoms with Crippen LogP contribution in [0.1, 0.15) is 0 Å². The Morgan fingerprint density at radius 1 is 1.55 bits per heavy atom. The van der Waals surface area contributed by atoms with E-state index in [0.29, 0.717) is 5.02 Å². The summed E-state index contributed by atoms with van der Waals surface area (Å²) in [5.74, 6) is 0. The Kier molecular flexibility index (Phi) is 1.36. The molecule has 3 heteroatoms. The molecule has 0 aliphatic carbocycles. The minimum Gasteiger partial charge on any atom is -0.333 e. The maximum atomic E-state index is 5.91. The first kappa shape index (κ1) is 6.68. The van der Waals surface area contributed by atoms with Crippen LogP contribution in [0, 0.1) is 6.07 Å². The lowest BCUT2D eigenvalue weighted by atomic mass is 10.3. The van der Waals surface area contributed by atoms with Gasteiger partial charge in [0.05, 0.1) is 22.4 Å². The Morgan fingerprint density at radius 2 is 2.36 bits per heavy atom. The smallest absolute Gasteiger partial charge is 0.0956 e. The predicted octanol–water partition coefficient (Wildman–Crippen LogP) is 2.03. The molecule has 1 radical (unpaired) electrons. The van der Waals surface area contributed by atoms with Crippen LogP contribution in [-0.4, -0.2) is 9.55 Å². The quantitative estimate of drug-likeness (QED) is 0.584. The molecule has 0 spiro atoms. The van der Waals surface area contributed by atoms with Crippen molar-refractivity contribution in [1.29, 1.82) is 0 Å². The van der Waals surface area contributed by atoms with E-state index in [0.717, 1.165) is 11.0 Å². The average molecular weight is 166 g/mol. The summed E-state index contributed by atoms with van der Waals surface area (Å²) in [6, 6.07) is 6.47. The van der Waals surface area contributed by atoms with Crippen LogP contribution < -0.4 is 0 Å². The lowest BCUT2D eigenvalue weighted by Gasteiger charge is -1.94. The number of hydrogen-bond donors (Lipinski definition) is 0. The van der Waals surface area contributed by atoms with Gasteiger partial charge in [0, 0.05) is 7.05 Å². The van der Waals surface area contributed by atoms with Gasteiger partial charge in [0.15, 0.2) is 0 Å². The molecule has 0 amide bonds. The number of aryl methyl sites for hydroxylation is 1. The summed E-state index contributed by atoms with van der Waals surface area (Å²) in [6.07, 6.45) is 1.74. The van der Waals surface area contributed by atoms with Gasteiger partial charge in [0.1, 0.15) is 0 Å². The Hall–Kier alpha value is -1.02. The first-order valence-electron chi connectivity index (χ1n) is 3.25. The zero-order valence-corrected chi connectivity index (χ0v) is 6.76. The highest BCUT2D eigenvalue weighted by Crippen LogP contribution is 2.20. The molecule has 0 aliphatic heterocycles. The van der Waals surface area contributed by atoms with Crippen LogP contribution in [0.15, 0.2) is 18.5 Å². The van der Waals surface area contributed by atoms with Crippen molar-refractivity contribution in [2.45, 2.75) is 0 Å². The molecule has 11 heavy (non-hydrogen) atoms. The highest BCUT2D eigenvalue weighted by Gasteiger charge is 2.01. The van der Waals surface area contributed by atoms with Gasteiger partial charge in [-0.05, 0) is 18.2 Å². The van der Waals surface area contributed by atoms with Crippen LogP contribution in [0.25, 0.3) is 11.0 Å². The molecule has 2 aromatic rings. The fraction of sp³-hybridized carbons (Fsp3) is 0.125. The van der Waals surface area contributed by atoms with Crippen LogP contribution >= 0.6 is 11.6 Å². The Bertz CT molecular complexity index is 392. The fourth-order valence-electron chi connectivity index (χ4n) is 1.11. The number of imidazole rings is 1. The van der Waals surface area contributed by atoms with E-state index in [2.05, 4.69) is 11.1 Å². The van der Waals surface area contributed by atoms with E-state index < -0.39 is 0 Å². The highest BCUT2D eigenvalue weighted by atomic mass is 35.5. The van der Waals surface area contributed by atoms with Crippen LogP contribution in [0.4, 0.5) is 0 Å². The van der Waals surface area contributed by atoms with Gasteiger partial charge in [0.2, 0.25) is 0 Å². The summed E-state index contributed by atoms with van der Waals surface area (Å²) in [6.45, 7) is 0. The molecule has 0 fully saturated rings. The third-order valence-electron chi connectivity index (χ3n) is 1.62. The molecule has 1 aromatic heterocycles. The third kappa shape index (κ3) is 0.906. The number of nitrogens with zero attached hydrogens (tertiary/aromatic N) is 2. The molecule has 2 nitrogen and oxygen atoms in total. The van der Waals surface area contributed by atoms with Gasteiger partial charge < -0.3 is 4.57 Å². The molecule has 0 saturated heterocycles. The molecule has 0 atom stereocenters. The zero-order chi connectivity index (χ0) is 7.84. The molecule has 0 N–H and O–H groups in total. The van der Waals surface area contributed by atoms with E-state index in [1.807, 2.05) is 17.7 Å². The summed E-state index contributed by atoms with van der Waals surface area (Å²) >= 11 is 5.91. The summed E-state index contributed by atoms with van der Waals surface area (Å²) in [4.78, 5) is 4.13. The van der Waals surface area contributed by atoms with Crippen molar-refractivity contribution in [3.8, 4) is 0 Å². The van der Waals surface area contributed by atoms with Crippen molar-refractivity contribution in [3.05, 3.63) is 29.5 Å². The molecule has 0 bridgehead atoms.